The number of rotatable bonds is 3. The molecule has 1 aliphatic heterocycles. The van der Waals surface area contributed by atoms with Crippen LogP contribution in [-0.2, 0) is 15.0 Å². The van der Waals surface area contributed by atoms with Crippen LogP contribution in [-0.4, -0.2) is 11.8 Å². The summed E-state index contributed by atoms with van der Waals surface area (Å²) >= 11 is 0. The van der Waals surface area contributed by atoms with Crippen molar-refractivity contribution in [3.05, 3.63) is 66.2 Å². The van der Waals surface area contributed by atoms with Crippen molar-refractivity contribution in [2.75, 3.05) is 4.90 Å². The largest absolute Gasteiger partial charge is 0.457 e. The molecule has 2 aromatic rings. The van der Waals surface area contributed by atoms with Crippen molar-refractivity contribution in [2.45, 2.75) is 32.6 Å². The molecule has 0 aromatic heterocycles. The number of hydrogen-bond donors (Lipinski definition) is 0. The average Bonchev–Trinajstić information content (AvgIpc) is 3.52. The lowest BCUT2D eigenvalue weighted by Crippen LogP contribution is -2.40. The van der Waals surface area contributed by atoms with Crippen LogP contribution in [0.1, 0.15) is 32.8 Å². The van der Waals surface area contributed by atoms with Gasteiger partial charge in [0.25, 0.3) is 0 Å². The molecule has 158 valence electrons. The van der Waals surface area contributed by atoms with E-state index in [-0.39, 0.29) is 40.9 Å². The highest BCUT2D eigenvalue weighted by Gasteiger charge is 2.67. The molecule has 2 bridgehead atoms. The predicted molar refractivity (Wildman–Crippen MR) is 119 cm³/mol. The standard InChI is InChI=1S/C27H27NO3/c1-27(2,3)15-4-8-17(9-5-15)31-18-10-6-16(7-11-18)28-25(29)23-19-12-13-20(22-14-21(19)22)24(23)26(28)30/h4-13,19-24H,14H2,1-3H3. The SMILES string of the molecule is CC(C)(C)c1ccc(Oc2ccc(N3C(=O)C4C5C=CC(C6CC56)C4C3=O)cc2)cc1. The summed E-state index contributed by atoms with van der Waals surface area (Å²) in [6.07, 6.45) is 5.59. The van der Waals surface area contributed by atoms with Crippen LogP contribution >= 0.6 is 0 Å². The summed E-state index contributed by atoms with van der Waals surface area (Å²) in [5.74, 6) is 2.82. The number of hydrogen-bond acceptors (Lipinski definition) is 3. The summed E-state index contributed by atoms with van der Waals surface area (Å²) in [7, 11) is 0. The second kappa shape index (κ2) is 6.32. The Morgan fingerprint density at radius 1 is 0.774 bits per heavy atom. The highest BCUT2D eigenvalue weighted by Crippen LogP contribution is 2.65. The van der Waals surface area contributed by atoms with E-state index in [1.54, 1.807) is 0 Å². The van der Waals surface area contributed by atoms with E-state index in [1.165, 1.54) is 16.9 Å². The second-order valence-corrected chi connectivity index (χ2v) is 10.5. The number of benzene rings is 2. The van der Waals surface area contributed by atoms with Crippen LogP contribution in [0.25, 0.3) is 0 Å². The summed E-state index contributed by atoms with van der Waals surface area (Å²) in [6.45, 7) is 6.55. The fraction of sp³-hybridized carbons (Fsp3) is 0.407. The molecule has 4 aliphatic carbocycles. The Balaban J connectivity index is 1.21. The average molecular weight is 414 g/mol. The molecule has 2 amide bonds. The predicted octanol–water partition coefficient (Wildman–Crippen LogP) is 5.33. The van der Waals surface area contributed by atoms with Gasteiger partial charge >= 0.3 is 0 Å². The Bertz CT molecular complexity index is 1060. The maximum atomic E-state index is 13.2. The Morgan fingerprint density at radius 3 is 1.74 bits per heavy atom. The molecule has 3 fully saturated rings. The molecule has 0 spiro atoms. The topological polar surface area (TPSA) is 46.6 Å². The van der Waals surface area contributed by atoms with Crippen molar-refractivity contribution in [1.82, 2.24) is 0 Å². The van der Waals surface area contributed by atoms with Crippen LogP contribution in [0.15, 0.2) is 60.7 Å². The van der Waals surface area contributed by atoms with Crippen molar-refractivity contribution in [2.24, 2.45) is 35.5 Å². The molecule has 2 aromatic carbocycles. The first-order valence-corrected chi connectivity index (χ1v) is 11.3. The highest BCUT2D eigenvalue weighted by atomic mass is 16.5. The van der Waals surface area contributed by atoms with Crippen LogP contribution in [0, 0.1) is 35.5 Å². The summed E-state index contributed by atoms with van der Waals surface area (Å²) in [6, 6.07) is 15.4. The van der Waals surface area contributed by atoms with Crippen molar-refractivity contribution >= 4 is 17.5 Å². The van der Waals surface area contributed by atoms with E-state index in [4.69, 9.17) is 4.74 Å². The molecule has 5 aliphatic rings. The van der Waals surface area contributed by atoms with Crippen molar-refractivity contribution in [1.29, 1.82) is 0 Å². The van der Waals surface area contributed by atoms with Gasteiger partial charge in [0.15, 0.2) is 0 Å². The minimum Gasteiger partial charge on any atom is -0.457 e. The minimum absolute atomic E-state index is 0.0221. The van der Waals surface area contributed by atoms with Crippen LogP contribution in [0.3, 0.4) is 0 Å². The van der Waals surface area contributed by atoms with E-state index in [2.05, 4.69) is 45.1 Å². The molecular formula is C27H27NO3. The van der Waals surface area contributed by atoms with Crippen molar-refractivity contribution in [3.8, 4) is 11.5 Å². The Labute approximate surface area is 182 Å². The third-order valence-corrected chi connectivity index (χ3v) is 7.71. The third kappa shape index (κ3) is 2.80. The van der Waals surface area contributed by atoms with E-state index >= 15 is 0 Å². The zero-order valence-corrected chi connectivity index (χ0v) is 18.1. The van der Waals surface area contributed by atoms with Gasteiger partial charge in [0.2, 0.25) is 11.8 Å². The molecular weight excluding hydrogens is 386 g/mol. The maximum Gasteiger partial charge on any atom is 0.238 e. The number of allylic oxidation sites excluding steroid dienone is 2. The number of amides is 2. The summed E-state index contributed by atoms with van der Waals surface area (Å²) in [4.78, 5) is 27.9. The lowest BCUT2D eigenvalue weighted by molar-refractivity contribution is -0.124. The number of nitrogens with zero attached hydrogens (tertiary/aromatic N) is 1. The van der Waals surface area contributed by atoms with Crippen molar-refractivity contribution < 1.29 is 14.3 Å². The zero-order valence-electron chi connectivity index (χ0n) is 18.1. The molecule has 4 heteroatoms. The molecule has 0 N–H and O–H groups in total. The fourth-order valence-electron chi connectivity index (χ4n) is 6.03. The van der Waals surface area contributed by atoms with E-state index in [0.29, 0.717) is 23.3 Å². The minimum atomic E-state index is -0.163. The van der Waals surface area contributed by atoms with Gasteiger partial charge in [-0.05, 0) is 77.5 Å². The molecule has 31 heavy (non-hydrogen) atoms. The molecule has 6 unspecified atom stereocenters. The van der Waals surface area contributed by atoms with Crippen LogP contribution < -0.4 is 9.64 Å². The van der Waals surface area contributed by atoms with E-state index in [9.17, 15) is 9.59 Å². The zero-order chi connectivity index (χ0) is 21.5. The van der Waals surface area contributed by atoms with Gasteiger partial charge in [-0.15, -0.1) is 0 Å². The molecule has 7 rings (SSSR count). The fourth-order valence-corrected chi connectivity index (χ4v) is 6.03. The van der Waals surface area contributed by atoms with Crippen molar-refractivity contribution in [3.63, 3.8) is 0 Å². The summed E-state index contributed by atoms with van der Waals surface area (Å²) in [5.41, 5.74) is 2.00. The molecule has 1 saturated heterocycles. The first-order chi connectivity index (χ1) is 14.8. The second-order valence-electron chi connectivity index (χ2n) is 10.5. The first-order valence-electron chi connectivity index (χ1n) is 11.3. The molecule has 4 nitrogen and oxygen atoms in total. The van der Waals surface area contributed by atoms with Crippen LogP contribution in [0.5, 0.6) is 11.5 Å². The van der Waals surface area contributed by atoms with Gasteiger partial charge in [-0.1, -0.05) is 45.1 Å². The van der Waals surface area contributed by atoms with Gasteiger partial charge in [-0.25, -0.2) is 0 Å². The number of anilines is 1. The highest BCUT2D eigenvalue weighted by molar-refractivity contribution is 6.22. The number of ether oxygens (including phenoxy) is 1. The van der Waals surface area contributed by atoms with E-state index < -0.39 is 0 Å². The van der Waals surface area contributed by atoms with Gasteiger partial charge in [-0.2, -0.15) is 0 Å². The molecule has 1 heterocycles. The van der Waals surface area contributed by atoms with Crippen LogP contribution in [0.4, 0.5) is 5.69 Å². The van der Waals surface area contributed by atoms with E-state index in [0.717, 1.165) is 5.75 Å². The normalized spacial score (nSPS) is 32.8. The van der Waals surface area contributed by atoms with Gasteiger partial charge in [0.1, 0.15) is 11.5 Å². The molecule has 0 radical (unpaired) electrons. The monoisotopic (exact) mass is 413 g/mol. The number of carbonyl (C=O) groups is 2. The van der Waals surface area contributed by atoms with Gasteiger partial charge in [0.05, 0.1) is 17.5 Å². The van der Waals surface area contributed by atoms with E-state index in [1.807, 2.05) is 36.4 Å². The molecule has 2 saturated carbocycles. The smallest absolute Gasteiger partial charge is 0.238 e. The summed E-state index contributed by atoms with van der Waals surface area (Å²) < 4.78 is 5.98. The Morgan fingerprint density at radius 2 is 1.26 bits per heavy atom. The van der Waals surface area contributed by atoms with Gasteiger partial charge < -0.3 is 4.74 Å². The Hall–Kier alpha value is -2.88. The van der Waals surface area contributed by atoms with Gasteiger partial charge in [-0.3, -0.25) is 14.5 Å². The number of imide groups is 1. The number of carbonyl (C=O) groups excluding carboxylic acids is 2. The lowest BCUT2D eigenvalue weighted by Gasteiger charge is -2.37. The van der Waals surface area contributed by atoms with Crippen LogP contribution in [0.2, 0.25) is 0 Å². The van der Waals surface area contributed by atoms with Gasteiger partial charge in [0, 0.05) is 0 Å². The summed E-state index contributed by atoms with van der Waals surface area (Å²) in [5, 5.41) is 0. The quantitative estimate of drug-likeness (QED) is 0.504. The molecule has 6 atom stereocenters. The maximum absolute atomic E-state index is 13.2. The lowest BCUT2D eigenvalue weighted by atomic mass is 9.63. The Kier molecular flexibility index (Phi) is 3.84. The third-order valence-electron chi connectivity index (χ3n) is 7.71. The first kappa shape index (κ1) is 18.9.